The molecule has 0 aliphatic carbocycles. The van der Waals surface area contributed by atoms with Crippen molar-refractivity contribution in [3.63, 3.8) is 0 Å². The molecule has 0 aromatic rings. The minimum absolute atomic E-state index is 0. The van der Waals surface area contributed by atoms with Gasteiger partial charge in [0.2, 0.25) is 0 Å². The summed E-state index contributed by atoms with van der Waals surface area (Å²) in [7, 11) is 0. The van der Waals surface area contributed by atoms with Gasteiger partial charge in [0.15, 0.2) is 0 Å². The summed E-state index contributed by atoms with van der Waals surface area (Å²) in [6, 6.07) is 0. The first kappa shape index (κ1) is 36.1. The molecule has 0 saturated heterocycles. The SMILES string of the molecule is O=[N+]([O-])[O-].O=[N+]([O-])[O-].O=[N+]([O-])[O-].O=[N+]([O-])[O-].[B+3].[Li+]. The van der Waals surface area contributed by atoms with Crippen LogP contribution in [0.25, 0.3) is 0 Å². The van der Waals surface area contributed by atoms with Gasteiger partial charge in [0.25, 0.3) is 0 Å². The third-order valence-corrected chi connectivity index (χ3v) is 0. The first-order valence-electron chi connectivity index (χ1n) is 2.19. The Labute approximate surface area is 110 Å². The van der Waals surface area contributed by atoms with Crippen LogP contribution in [0.15, 0.2) is 0 Å². The summed E-state index contributed by atoms with van der Waals surface area (Å²) < 4.78 is 0. The molecular formula is BLiN4O12. The summed E-state index contributed by atoms with van der Waals surface area (Å²) in [5, 5.41) is 59.0. The molecular weight excluding hydrogens is 266 g/mol. The summed E-state index contributed by atoms with van der Waals surface area (Å²) in [6.45, 7) is 0. The Kier molecular flexibility index (Phi) is 58.7. The van der Waals surface area contributed by atoms with Gasteiger partial charge in [0, 0.05) is 0 Å². The van der Waals surface area contributed by atoms with Crippen LogP contribution in [0.4, 0.5) is 0 Å². The van der Waals surface area contributed by atoms with Gasteiger partial charge in [-0.2, -0.15) is 0 Å². The quantitative estimate of drug-likeness (QED) is 0.228. The Hall–Kier alpha value is -2.54. The molecule has 0 bridgehead atoms. The molecule has 0 atom stereocenters. The monoisotopic (exact) mass is 266 g/mol. The first-order chi connectivity index (χ1) is 6.93. The third kappa shape index (κ3) is 325. The molecule has 18 heavy (non-hydrogen) atoms. The average molecular weight is 266 g/mol. The predicted molar refractivity (Wildman–Crippen MR) is 47.2 cm³/mol. The van der Waals surface area contributed by atoms with E-state index < -0.39 is 20.3 Å². The van der Waals surface area contributed by atoms with Crippen molar-refractivity contribution in [3.05, 3.63) is 61.3 Å². The number of hydrogen-bond acceptors (Lipinski definition) is 12. The zero-order chi connectivity index (χ0) is 14.3. The molecule has 0 saturated carbocycles. The van der Waals surface area contributed by atoms with Gasteiger partial charge in [-0.05, 0) is 0 Å². The second kappa shape index (κ2) is 29.3. The second-order valence-corrected chi connectivity index (χ2v) is 0.894. The molecule has 96 valence electrons. The van der Waals surface area contributed by atoms with Crippen LogP contribution in [0.5, 0.6) is 0 Å². The van der Waals surface area contributed by atoms with Gasteiger partial charge in [0.05, 0.1) is 20.3 Å². The van der Waals surface area contributed by atoms with Gasteiger partial charge >= 0.3 is 27.3 Å². The van der Waals surface area contributed by atoms with Gasteiger partial charge in [-0.1, -0.05) is 0 Å². The van der Waals surface area contributed by atoms with E-state index in [4.69, 9.17) is 61.3 Å². The largest absolute Gasteiger partial charge is 3.00 e. The fourth-order valence-electron chi connectivity index (χ4n) is 0. The Morgan fingerprint density at radius 1 is 0.444 bits per heavy atom. The first-order valence-corrected chi connectivity index (χ1v) is 2.19. The van der Waals surface area contributed by atoms with Gasteiger partial charge in [0.1, 0.15) is 0 Å². The smallest absolute Gasteiger partial charge is 0.356 e. The van der Waals surface area contributed by atoms with Crippen LogP contribution in [0.3, 0.4) is 0 Å². The summed E-state index contributed by atoms with van der Waals surface area (Å²) in [4.78, 5) is 33.0. The van der Waals surface area contributed by atoms with Crippen LogP contribution in [0, 0.1) is 61.3 Å². The van der Waals surface area contributed by atoms with Crippen molar-refractivity contribution in [2.45, 2.75) is 0 Å². The van der Waals surface area contributed by atoms with Crippen molar-refractivity contribution < 1.29 is 39.2 Å². The number of nitrogens with zero attached hydrogens (tertiary/aromatic N) is 4. The zero-order valence-corrected chi connectivity index (χ0v) is 8.27. The number of hydrogen-bond donors (Lipinski definition) is 0. The van der Waals surface area contributed by atoms with E-state index in [2.05, 4.69) is 0 Å². The van der Waals surface area contributed by atoms with Crippen molar-refractivity contribution >= 4 is 8.41 Å². The van der Waals surface area contributed by atoms with Crippen molar-refractivity contribution in [1.82, 2.24) is 0 Å². The fourth-order valence-corrected chi connectivity index (χ4v) is 0. The van der Waals surface area contributed by atoms with E-state index in [0.29, 0.717) is 0 Å². The van der Waals surface area contributed by atoms with Crippen molar-refractivity contribution in [2.75, 3.05) is 0 Å². The van der Waals surface area contributed by atoms with E-state index in [9.17, 15) is 0 Å². The second-order valence-electron chi connectivity index (χ2n) is 0.894. The summed E-state index contributed by atoms with van der Waals surface area (Å²) >= 11 is 0. The molecule has 0 rings (SSSR count). The molecule has 0 aromatic carbocycles. The number of rotatable bonds is 0. The third-order valence-electron chi connectivity index (χ3n) is 0. The van der Waals surface area contributed by atoms with E-state index in [0.717, 1.165) is 0 Å². The molecule has 18 heteroatoms. The molecule has 0 radical (unpaired) electrons. The fraction of sp³-hybridized carbons (Fsp3) is 0. The molecule has 0 aromatic heterocycles. The van der Waals surface area contributed by atoms with Gasteiger partial charge < -0.3 is 61.3 Å². The Bertz CT molecular complexity index is 164. The van der Waals surface area contributed by atoms with Gasteiger partial charge in [-0.3, -0.25) is 0 Å². The van der Waals surface area contributed by atoms with Crippen molar-refractivity contribution in [1.29, 1.82) is 0 Å². The van der Waals surface area contributed by atoms with Crippen molar-refractivity contribution in [3.8, 4) is 0 Å². The summed E-state index contributed by atoms with van der Waals surface area (Å²) in [6.07, 6.45) is 0. The molecule has 0 amide bonds. The van der Waals surface area contributed by atoms with E-state index in [1.165, 1.54) is 0 Å². The molecule has 16 nitrogen and oxygen atoms in total. The minimum atomic E-state index is -1.75. The predicted octanol–water partition coefficient (Wildman–Crippen LogP) is -4.33. The van der Waals surface area contributed by atoms with Gasteiger partial charge in [-0.15, -0.1) is 0 Å². The van der Waals surface area contributed by atoms with Crippen LogP contribution in [-0.2, 0) is 0 Å². The average Bonchev–Trinajstić information content (AvgIpc) is 1.76. The van der Waals surface area contributed by atoms with Crippen LogP contribution in [-0.4, -0.2) is 28.8 Å². The Morgan fingerprint density at radius 3 is 0.444 bits per heavy atom. The van der Waals surface area contributed by atoms with Crippen molar-refractivity contribution in [2.24, 2.45) is 0 Å². The molecule has 0 fully saturated rings. The summed E-state index contributed by atoms with van der Waals surface area (Å²) in [5.74, 6) is 0. The molecule has 0 unspecified atom stereocenters. The standard InChI is InChI=1S/B.Li.4NO3/c;;4*2-1(3)4/q+3;+1;4*-1. The Balaban J connectivity index is -0.0000000257. The molecule has 0 N–H and O–H groups in total. The van der Waals surface area contributed by atoms with Crippen LogP contribution < -0.4 is 18.9 Å². The molecule has 0 spiro atoms. The molecule has 0 aliphatic rings. The van der Waals surface area contributed by atoms with E-state index in [1.807, 2.05) is 0 Å². The van der Waals surface area contributed by atoms with Gasteiger partial charge in [-0.25, -0.2) is 0 Å². The van der Waals surface area contributed by atoms with E-state index in [-0.39, 0.29) is 27.3 Å². The van der Waals surface area contributed by atoms with Crippen LogP contribution in [0.2, 0.25) is 0 Å². The Morgan fingerprint density at radius 2 is 0.444 bits per heavy atom. The summed E-state index contributed by atoms with van der Waals surface area (Å²) in [5.41, 5.74) is 0. The maximum atomic E-state index is 8.25. The zero-order valence-electron chi connectivity index (χ0n) is 8.27. The normalized spacial score (nSPS) is 5.33. The topological polar surface area (TPSA) is 265 Å². The van der Waals surface area contributed by atoms with Crippen LogP contribution in [0.1, 0.15) is 0 Å². The van der Waals surface area contributed by atoms with E-state index in [1.54, 1.807) is 0 Å². The van der Waals surface area contributed by atoms with E-state index >= 15 is 0 Å². The minimum Gasteiger partial charge on any atom is -0.356 e. The maximum Gasteiger partial charge on any atom is 3.00 e. The molecule has 0 heterocycles. The van der Waals surface area contributed by atoms with Crippen LogP contribution >= 0.6 is 0 Å². The maximum absolute atomic E-state index is 8.25. The molecule has 0 aliphatic heterocycles.